The van der Waals surface area contributed by atoms with Crippen molar-refractivity contribution in [3.63, 3.8) is 0 Å². The number of rotatable bonds is 5. The Morgan fingerprint density at radius 1 is 1.08 bits per heavy atom. The lowest BCUT2D eigenvalue weighted by molar-refractivity contribution is 0.423. The number of aromatic nitrogens is 4. The zero-order chi connectivity index (χ0) is 18.0. The van der Waals surface area contributed by atoms with Crippen molar-refractivity contribution >= 4 is 29.9 Å². The summed E-state index contributed by atoms with van der Waals surface area (Å²) in [6.07, 6.45) is 0. The molecule has 0 saturated carbocycles. The molecule has 5 nitrogen and oxygen atoms in total. The van der Waals surface area contributed by atoms with E-state index in [0.717, 1.165) is 16.9 Å². The molecule has 0 fully saturated rings. The number of tetrazole rings is 1. The summed E-state index contributed by atoms with van der Waals surface area (Å²) in [4.78, 5) is 1.58. The fourth-order valence-corrected chi connectivity index (χ4v) is 2.69. The lowest BCUT2D eigenvalue weighted by Gasteiger charge is -2.15. The summed E-state index contributed by atoms with van der Waals surface area (Å²) in [5.41, 5.74) is 3.15. The maximum absolute atomic E-state index is 13.9. The molecule has 0 bridgehead atoms. The second kappa shape index (κ2) is 7.15. The summed E-state index contributed by atoms with van der Waals surface area (Å²) in [6, 6.07) is 15.1. The summed E-state index contributed by atoms with van der Waals surface area (Å²) in [5.74, 6) is 0.561. The average molecular weight is 375 g/mol. The van der Waals surface area contributed by atoms with Gasteiger partial charge in [0.2, 0.25) is 5.82 Å². The van der Waals surface area contributed by atoms with E-state index < -0.39 is 5.15 Å². The van der Waals surface area contributed by atoms with Gasteiger partial charge in [-0.15, -0.1) is 10.2 Å². The average Bonchev–Trinajstić information content (AvgIpc) is 3.05. The van der Waals surface area contributed by atoms with Gasteiger partial charge in [0.05, 0.1) is 6.04 Å². The molecule has 2 aromatic carbocycles. The van der Waals surface area contributed by atoms with Crippen LogP contribution in [0, 0.1) is 0 Å². The predicted octanol–water partition coefficient (Wildman–Crippen LogP) is 4.49. The molecule has 0 aliphatic carbocycles. The number of alkyl halides is 1. The molecule has 3 aromatic rings. The number of benzene rings is 2. The highest BCUT2D eigenvalue weighted by Crippen LogP contribution is 2.40. The quantitative estimate of drug-likeness (QED) is 0.668. The smallest absolute Gasteiger partial charge is 0.207 e. The van der Waals surface area contributed by atoms with Crippen LogP contribution in [-0.2, 0) is 5.15 Å². The van der Waals surface area contributed by atoms with Gasteiger partial charge in [-0.05, 0) is 48.9 Å². The van der Waals surface area contributed by atoms with Crippen molar-refractivity contribution in [2.24, 2.45) is 0 Å². The number of halogens is 1. The highest BCUT2D eigenvalue weighted by molar-refractivity contribution is 7.38. The monoisotopic (exact) mass is 375 g/mol. The van der Waals surface area contributed by atoms with Crippen LogP contribution in [0.1, 0.15) is 25.5 Å². The second-order valence-electron chi connectivity index (χ2n) is 6.04. The first-order valence-corrected chi connectivity index (χ1v) is 9.03. The maximum atomic E-state index is 13.9. The van der Waals surface area contributed by atoms with E-state index in [9.17, 15) is 4.39 Å². The van der Waals surface area contributed by atoms with Crippen LogP contribution in [0.25, 0.3) is 11.4 Å². The fourth-order valence-electron chi connectivity index (χ4n) is 2.30. The molecule has 1 N–H and O–H groups in total. The van der Waals surface area contributed by atoms with Crippen molar-refractivity contribution < 1.29 is 4.39 Å². The number of para-hydroxylation sites is 1. The lowest BCUT2D eigenvalue weighted by Crippen LogP contribution is -2.04. The van der Waals surface area contributed by atoms with E-state index >= 15 is 0 Å². The van der Waals surface area contributed by atoms with Crippen molar-refractivity contribution in [2.75, 3.05) is 5.32 Å². The topological polar surface area (TPSA) is 55.6 Å². The Bertz CT molecular complexity index is 856. The van der Waals surface area contributed by atoms with Crippen LogP contribution in [0.15, 0.2) is 48.5 Å². The highest BCUT2D eigenvalue weighted by atomic mass is 31.1. The maximum Gasteiger partial charge on any atom is 0.207 e. The Labute approximate surface area is 150 Å². The molecule has 3 rings (SSSR count). The Kier molecular flexibility index (Phi) is 5.12. The van der Waals surface area contributed by atoms with Crippen molar-refractivity contribution in [1.82, 2.24) is 20.2 Å². The Morgan fingerprint density at radius 3 is 2.36 bits per heavy atom. The first kappa shape index (κ1) is 17.9. The van der Waals surface area contributed by atoms with E-state index in [1.54, 1.807) is 16.9 Å². The van der Waals surface area contributed by atoms with Gasteiger partial charge >= 0.3 is 0 Å². The minimum absolute atomic E-state index is 0.147. The highest BCUT2D eigenvalue weighted by Gasteiger charge is 2.18. The van der Waals surface area contributed by atoms with E-state index in [1.807, 2.05) is 50.2 Å². The van der Waals surface area contributed by atoms with Gasteiger partial charge in [-0.25, -0.2) is 4.39 Å². The predicted molar refractivity (Wildman–Crippen MR) is 106 cm³/mol. The van der Waals surface area contributed by atoms with Crippen LogP contribution in [0.5, 0.6) is 0 Å². The van der Waals surface area contributed by atoms with E-state index in [0.29, 0.717) is 11.4 Å². The summed E-state index contributed by atoms with van der Waals surface area (Å²) in [5, 5.41) is 14.5. The molecule has 1 heterocycles. The third kappa shape index (κ3) is 4.20. The van der Waals surface area contributed by atoms with E-state index in [-0.39, 0.29) is 6.04 Å². The molecule has 0 aliphatic rings. The molecule has 2 atom stereocenters. The van der Waals surface area contributed by atoms with Gasteiger partial charge in [-0.2, -0.15) is 4.80 Å². The molecule has 2 unspecified atom stereocenters. The molecule has 25 heavy (non-hydrogen) atoms. The van der Waals surface area contributed by atoms with Gasteiger partial charge in [0.15, 0.2) is 5.15 Å². The minimum Gasteiger partial charge on any atom is -0.355 e. The van der Waals surface area contributed by atoms with Crippen molar-refractivity contribution in [2.45, 2.75) is 25.0 Å². The number of hydrogen-bond acceptors (Lipinski definition) is 4. The number of nitrogens with one attached hydrogen (secondary N) is 1. The third-order valence-corrected chi connectivity index (χ3v) is 4.33. The standard InChI is InChI=1S/C17H20FN5P2/c1-11(2)23-21-16(20-22-23)14-5-3-4-6-15(14)19-13-9-7-12(8-10-13)17(18,24)25/h3-11,19H,24-25H2,1-2H3. The van der Waals surface area contributed by atoms with Gasteiger partial charge in [0.25, 0.3) is 0 Å². The Morgan fingerprint density at radius 2 is 1.76 bits per heavy atom. The Hall–Kier alpha value is -1.90. The molecule has 8 heteroatoms. The van der Waals surface area contributed by atoms with Crippen molar-refractivity contribution in [3.05, 3.63) is 54.1 Å². The molecular weight excluding hydrogens is 355 g/mol. The molecule has 130 valence electrons. The SMILES string of the molecule is CC(C)n1nnc(-c2ccccc2Nc2ccc(C(F)(P)P)cc2)n1. The van der Waals surface area contributed by atoms with Gasteiger partial charge in [0, 0.05) is 16.9 Å². The molecule has 0 spiro atoms. The summed E-state index contributed by atoms with van der Waals surface area (Å²) in [7, 11) is 4.33. The number of anilines is 2. The van der Waals surface area contributed by atoms with Crippen LogP contribution in [0.3, 0.4) is 0 Å². The van der Waals surface area contributed by atoms with Gasteiger partial charge in [0.1, 0.15) is 0 Å². The normalized spacial score (nSPS) is 11.8. The van der Waals surface area contributed by atoms with E-state index in [4.69, 9.17) is 0 Å². The largest absolute Gasteiger partial charge is 0.355 e. The summed E-state index contributed by atoms with van der Waals surface area (Å²) >= 11 is 0. The third-order valence-electron chi connectivity index (χ3n) is 3.66. The van der Waals surface area contributed by atoms with E-state index in [2.05, 4.69) is 39.2 Å². The minimum atomic E-state index is -1.52. The summed E-state index contributed by atoms with van der Waals surface area (Å²) in [6.45, 7) is 4.00. The number of hydrogen-bond donors (Lipinski definition) is 1. The van der Waals surface area contributed by atoms with Crippen LogP contribution in [0.2, 0.25) is 0 Å². The zero-order valence-electron chi connectivity index (χ0n) is 14.0. The van der Waals surface area contributed by atoms with Crippen LogP contribution in [0.4, 0.5) is 15.8 Å². The van der Waals surface area contributed by atoms with E-state index in [1.165, 1.54) is 0 Å². The van der Waals surface area contributed by atoms with Crippen LogP contribution in [-0.4, -0.2) is 20.2 Å². The van der Waals surface area contributed by atoms with Gasteiger partial charge in [-0.3, -0.25) is 0 Å². The lowest BCUT2D eigenvalue weighted by atomic mass is 10.1. The molecule has 0 saturated heterocycles. The molecule has 0 aliphatic heterocycles. The number of nitrogens with zero attached hydrogens (tertiary/aromatic N) is 4. The molecule has 0 radical (unpaired) electrons. The molecule has 0 amide bonds. The van der Waals surface area contributed by atoms with Gasteiger partial charge < -0.3 is 5.32 Å². The van der Waals surface area contributed by atoms with Gasteiger partial charge in [-0.1, -0.05) is 42.7 Å². The van der Waals surface area contributed by atoms with Crippen LogP contribution < -0.4 is 5.32 Å². The molecular formula is C17H20FN5P2. The van der Waals surface area contributed by atoms with Crippen LogP contribution >= 0.6 is 18.5 Å². The first-order chi connectivity index (χ1) is 11.8. The first-order valence-electron chi connectivity index (χ1n) is 7.88. The fraction of sp³-hybridized carbons (Fsp3) is 0.235. The van der Waals surface area contributed by atoms with Crippen molar-refractivity contribution in [1.29, 1.82) is 0 Å². The van der Waals surface area contributed by atoms with Crippen molar-refractivity contribution in [3.8, 4) is 11.4 Å². The second-order valence-corrected chi connectivity index (χ2v) is 8.39. The Balaban J connectivity index is 1.88. The summed E-state index contributed by atoms with van der Waals surface area (Å²) < 4.78 is 13.9. The molecule has 1 aromatic heterocycles. The zero-order valence-corrected chi connectivity index (χ0v) is 16.3.